The second-order valence-electron chi connectivity index (χ2n) is 5.20. The zero-order chi connectivity index (χ0) is 15.1. The molecule has 0 atom stereocenters. The van der Waals surface area contributed by atoms with Crippen LogP contribution < -0.4 is 18.9 Å². The van der Waals surface area contributed by atoms with Crippen LogP contribution in [-0.4, -0.2) is 23.8 Å². The SMILES string of the molecule is Oc1cc(CCc2cc(O)c3c(c2)OCO3)cc2c1OCO2. The Hall–Kier alpha value is -2.76. The Morgan fingerprint density at radius 1 is 0.682 bits per heavy atom. The average Bonchev–Trinajstić information content (AvgIpc) is 3.13. The Labute approximate surface area is 126 Å². The van der Waals surface area contributed by atoms with Gasteiger partial charge in [0.2, 0.25) is 25.1 Å². The van der Waals surface area contributed by atoms with E-state index in [0.29, 0.717) is 35.8 Å². The van der Waals surface area contributed by atoms with Gasteiger partial charge in [-0.3, -0.25) is 0 Å². The van der Waals surface area contributed by atoms with Crippen molar-refractivity contribution in [1.82, 2.24) is 0 Å². The lowest BCUT2D eigenvalue weighted by Crippen LogP contribution is -1.93. The molecule has 2 N–H and O–H groups in total. The minimum Gasteiger partial charge on any atom is -0.504 e. The molecule has 0 spiro atoms. The first-order valence-corrected chi connectivity index (χ1v) is 6.93. The summed E-state index contributed by atoms with van der Waals surface area (Å²) in [5.41, 5.74) is 1.86. The Morgan fingerprint density at radius 3 is 1.59 bits per heavy atom. The second-order valence-corrected chi connectivity index (χ2v) is 5.20. The first-order chi connectivity index (χ1) is 10.7. The van der Waals surface area contributed by atoms with Crippen LogP contribution in [0.2, 0.25) is 0 Å². The van der Waals surface area contributed by atoms with Crippen molar-refractivity contribution in [3.8, 4) is 34.5 Å². The van der Waals surface area contributed by atoms with E-state index in [1.807, 2.05) is 12.1 Å². The van der Waals surface area contributed by atoms with Gasteiger partial charge in [-0.25, -0.2) is 0 Å². The van der Waals surface area contributed by atoms with E-state index in [1.54, 1.807) is 12.1 Å². The lowest BCUT2D eigenvalue weighted by molar-refractivity contribution is 0.171. The molecule has 4 rings (SSSR count). The van der Waals surface area contributed by atoms with Crippen molar-refractivity contribution in [3.63, 3.8) is 0 Å². The molecule has 0 aliphatic carbocycles. The summed E-state index contributed by atoms with van der Waals surface area (Å²) in [6.45, 7) is 0.255. The Balaban J connectivity index is 1.54. The molecule has 114 valence electrons. The Kier molecular flexibility index (Phi) is 2.89. The standard InChI is InChI=1S/C16H14O6/c17-11-3-9(5-13-15(11)21-7-19-13)1-2-10-4-12(18)16-14(6-10)20-8-22-16/h3-6,17-18H,1-2,7-8H2. The van der Waals surface area contributed by atoms with E-state index in [1.165, 1.54) is 0 Å². The monoisotopic (exact) mass is 302 g/mol. The maximum absolute atomic E-state index is 9.90. The normalized spacial score (nSPS) is 14.4. The van der Waals surface area contributed by atoms with Crippen molar-refractivity contribution in [2.75, 3.05) is 13.6 Å². The lowest BCUT2D eigenvalue weighted by atomic mass is 10.0. The topological polar surface area (TPSA) is 77.4 Å². The van der Waals surface area contributed by atoms with E-state index in [0.717, 1.165) is 11.1 Å². The van der Waals surface area contributed by atoms with Gasteiger partial charge in [-0.2, -0.15) is 0 Å². The first kappa shape index (κ1) is 12.9. The summed E-state index contributed by atoms with van der Waals surface area (Å²) in [6.07, 6.45) is 1.37. The number of rotatable bonds is 3. The summed E-state index contributed by atoms with van der Waals surface area (Å²) < 4.78 is 20.9. The number of hydrogen-bond donors (Lipinski definition) is 2. The van der Waals surface area contributed by atoms with Gasteiger partial charge in [-0.1, -0.05) is 0 Å². The minimum atomic E-state index is 0.0820. The summed E-state index contributed by atoms with van der Waals surface area (Å²) in [6, 6.07) is 7.05. The molecule has 0 saturated heterocycles. The molecule has 2 aliphatic heterocycles. The van der Waals surface area contributed by atoms with Crippen LogP contribution in [0.3, 0.4) is 0 Å². The Morgan fingerprint density at radius 2 is 1.14 bits per heavy atom. The van der Waals surface area contributed by atoms with Gasteiger partial charge in [-0.05, 0) is 48.2 Å². The van der Waals surface area contributed by atoms with Crippen LogP contribution in [0.5, 0.6) is 34.5 Å². The molecule has 2 aromatic carbocycles. The van der Waals surface area contributed by atoms with Crippen molar-refractivity contribution in [2.24, 2.45) is 0 Å². The van der Waals surface area contributed by atoms with Gasteiger partial charge in [0.15, 0.2) is 23.0 Å². The van der Waals surface area contributed by atoms with Crippen LogP contribution in [0.1, 0.15) is 11.1 Å². The molecule has 0 fully saturated rings. The van der Waals surface area contributed by atoms with Crippen molar-refractivity contribution in [2.45, 2.75) is 12.8 Å². The summed E-state index contributed by atoms with van der Waals surface area (Å²) >= 11 is 0. The fourth-order valence-corrected chi connectivity index (χ4v) is 2.67. The molecule has 0 amide bonds. The van der Waals surface area contributed by atoms with Gasteiger partial charge in [0.05, 0.1) is 0 Å². The number of phenolic OH excluding ortho intramolecular Hbond substituents is 2. The molecule has 2 aliphatic rings. The lowest BCUT2D eigenvalue weighted by Gasteiger charge is -2.07. The molecular weight excluding hydrogens is 288 g/mol. The van der Waals surface area contributed by atoms with Crippen molar-refractivity contribution in [3.05, 3.63) is 35.4 Å². The number of fused-ring (bicyclic) bond motifs is 2. The third kappa shape index (κ3) is 2.13. The maximum atomic E-state index is 9.90. The van der Waals surface area contributed by atoms with Crippen LogP contribution >= 0.6 is 0 Å². The van der Waals surface area contributed by atoms with E-state index < -0.39 is 0 Å². The van der Waals surface area contributed by atoms with Gasteiger partial charge < -0.3 is 29.2 Å². The van der Waals surface area contributed by atoms with Crippen LogP contribution in [0.4, 0.5) is 0 Å². The highest BCUT2D eigenvalue weighted by Crippen LogP contribution is 2.43. The third-order valence-electron chi connectivity index (χ3n) is 3.73. The van der Waals surface area contributed by atoms with Crippen LogP contribution in [-0.2, 0) is 12.8 Å². The first-order valence-electron chi connectivity index (χ1n) is 6.93. The molecule has 2 heterocycles. The molecule has 0 saturated carbocycles. The largest absolute Gasteiger partial charge is 0.504 e. The number of ether oxygens (including phenoxy) is 4. The number of hydrogen-bond acceptors (Lipinski definition) is 6. The summed E-state index contributed by atoms with van der Waals surface area (Å²) in [5.74, 6) is 2.07. The minimum absolute atomic E-state index is 0.0820. The highest BCUT2D eigenvalue weighted by atomic mass is 16.7. The molecule has 6 heteroatoms. The van der Waals surface area contributed by atoms with Crippen molar-refractivity contribution < 1.29 is 29.2 Å². The summed E-state index contributed by atoms with van der Waals surface area (Å²) in [7, 11) is 0. The predicted octanol–water partition coefficient (Wildman–Crippen LogP) is 2.34. The van der Waals surface area contributed by atoms with Gasteiger partial charge in [0.1, 0.15) is 0 Å². The van der Waals surface area contributed by atoms with Crippen molar-refractivity contribution in [1.29, 1.82) is 0 Å². The molecule has 0 bridgehead atoms. The fraction of sp³-hybridized carbons (Fsp3) is 0.250. The quantitative estimate of drug-likeness (QED) is 0.906. The highest BCUT2D eigenvalue weighted by Gasteiger charge is 2.20. The Bertz CT molecular complexity index is 676. The third-order valence-corrected chi connectivity index (χ3v) is 3.73. The zero-order valence-electron chi connectivity index (χ0n) is 11.7. The fourth-order valence-electron chi connectivity index (χ4n) is 2.67. The smallest absolute Gasteiger partial charge is 0.231 e. The molecule has 6 nitrogen and oxygen atoms in total. The van der Waals surface area contributed by atoms with E-state index >= 15 is 0 Å². The van der Waals surface area contributed by atoms with Crippen LogP contribution in [0.25, 0.3) is 0 Å². The molecule has 0 aromatic heterocycles. The molecule has 22 heavy (non-hydrogen) atoms. The van der Waals surface area contributed by atoms with E-state index in [9.17, 15) is 10.2 Å². The average molecular weight is 302 g/mol. The van der Waals surface area contributed by atoms with Crippen LogP contribution in [0, 0.1) is 0 Å². The van der Waals surface area contributed by atoms with E-state index in [2.05, 4.69) is 0 Å². The number of aromatic hydroxyl groups is 2. The van der Waals surface area contributed by atoms with Crippen LogP contribution in [0.15, 0.2) is 24.3 Å². The zero-order valence-corrected chi connectivity index (χ0v) is 11.7. The number of aryl methyl sites for hydroxylation is 2. The number of benzene rings is 2. The summed E-state index contributed by atoms with van der Waals surface area (Å²) in [5, 5.41) is 19.8. The van der Waals surface area contributed by atoms with Gasteiger partial charge in [-0.15, -0.1) is 0 Å². The molecule has 2 aromatic rings. The van der Waals surface area contributed by atoms with Crippen molar-refractivity contribution >= 4 is 0 Å². The number of phenols is 2. The summed E-state index contributed by atoms with van der Waals surface area (Å²) in [4.78, 5) is 0. The van der Waals surface area contributed by atoms with Gasteiger partial charge >= 0.3 is 0 Å². The molecular formula is C16H14O6. The van der Waals surface area contributed by atoms with Gasteiger partial charge in [0, 0.05) is 0 Å². The molecule has 0 radical (unpaired) electrons. The predicted molar refractivity (Wildman–Crippen MR) is 75.9 cm³/mol. The van der Waals surface area contributed by atoms with E-state index in [-0.39, 0.29) is 25.1 Å². The second kappa shape index (κ2) is 4.91. The molecule has 0 unspecified atom stereocenters. The highest BCUT2D eigenvalue weighted by molar-refractivity contribution is 5.55. The van der Waals surface area contributed by atoms with Gasteiger partial charge in [0.25, 0.3) is 0 Å². The maximum Gasteiger partial charge on any atom is 0.231 e. The van der Waals surface area contributed by atoms with E-state index in [4.69, 9.17) is 18.9 Å².